The summed E-state index contributed by atoms with van der Waals surface area (Å²) in [5.74, 6) is -2.58. The Morgan fingerprint density at radius 3 is 2.17 bits per heavy atom. The Morgan fingerprint density at radius 2 is 1.63 bits per heavy atom. The zero-order valence-electron chi connectivity index (χ0n) is 18.9. The van der Waals surface area contributed by atoms with Gasteiger partial charge < -0.3 is 9.47 Å². The maximum absolute atomic E-state index is 14.1. The fourth-order valence-electron chi connectivity index (χ4n) is 4.27. The van der Waals surface area contributed by atoms with Gasteiger partial charge in [-0.15, -0.1) is 0 Å². The van der Waals surface area contributed by atoms with Crippen molar-refractivity contribution in [3.8, 4) is 11.5 Å². The maximum Gasteiger partial charge on any atom is 0.439 e. The van der Waals surface area contributed by atoms with Crippen LogP contribution < -0.4 is 9.47 Å². The number of hydrogen-bond donors (Lipinski definition) is 0. The van der Waals surface area contributed by atoms with Gasteiger partial charge in [-0.3, -0.25) is 0 Å². The summed E-state index contributed by atoms with van der Waals surface area (Å²) in [5.41, 5.74) is 0.724. The van der Waals surface area contributed by atoms with E-state index in [1.54, 1.807) is 12.1 Å². The summed E-state index contributed by atoms with van der Waals surface area (Å²) in [5, 5.41) is 0. The molecule has 0 amide bonds. The minimum Gasteiger partial charge on any atom is -0.427 e. The number of carbonyl (C=O) groups is 1. The molecule has 0 N–H and O–H groups in total. The quantitative estimate of drug-likeness (QED) is 0.207. The second-order valence-electron chi connectivity index (χ2n) is 8.68. The topological polar surface area (TPSA) is 35.5 Å². The first kappa shape index (κ1) is 26.8. The predicted molar refractivity (Wildman–Crippen MR) is 114 cm³/mol. The van der Waals surface area contributed by atoms with E-state index < -0.39 is 41.6 Å². The summed E-state index contributed by atoms with van der Waals surface area (Å²) in [7, 11) is 0. The van der Waals surface area contributed by atoms with Gasteiger partial charge in [0.25, 0.3) is 6.17 Å². The summed E-state index contributed by atoms with van der Waals surface area (Å²) in [6.07, 6.45) is -8.99. The molecule has 1 aliphatic rings. The average Bonchev–Trinajstić information content (AvgIpc) is 2.80. The number of carbonyl (C=O) groups excluding carboxylic acids is 1. The molecule has 10 heteroatoms. The van der Waals surface area contributed by atoms with Crippen LogP contribution >= 0.6 is 0 Å². The average molecular weight is 506 g/mol. The second-order valence-corrected chi connectivity index (χ2v) is 8.68. The fraction of sp³-hybridized carbons (Fsp3) is 0.480. The molecule has 0 heterocycles. The van der Waals surface area contributed by atoms with Crippen molar-refractivity contribution in [2.75, 3.05) is 0 Å². The van der Waals surface area contributed by atoms with Crippen molar-refractivity contribution < 1.29 is 45.0 Å². The highest BCUT2D eigenvalue weighted by atomic mass is 19.4. The van der Waals surface area contributed by atoms with Crippen molar-refractivity contribution in [3.63, 3.8) is 0 Å². The van der Waals surface area contributed by atoms with Gasteiger partial charge in [0.05, 0.1) is 5.56 Å². The minimum absolute atomic E-state index is 0.177. The van der Waals surface area contributed by atoms with Crippen LogP contribution in [0.1, 0.15) is 67.3 Å². The van der Waals surface area contributed by atoms with Crippen LogP contribution in [0.3, 0.4) is 0 Å². The second kappa shape index (κ2) is 10.9. The van der Waals surface area contributed by atoms with Crippen LogP contribution in [0.5, 0.6) is 11.5 Å². The highest BCUT2D eigenvalue weighted by Gasteiger charge is 2.59. The van der Waals surface area contributed by atoms with Gasteiger partial charge in [0.15, 0.2) is 11.6 Å². The van der Waals surface area contributed by atoms with Gasteiger partial charge in [0, 0.05) is 0 Å². The number of rotatable bonds is 8. The zero-order valence-corrected chi connectivity index (χ0v) is 18.9. The Bertz CT molecular complexity index is 997. The highest BCUT2D eigenvalue weighted by Crippen LogP contribution is 2.39. The smallest absolute Gasteiger partial charge is 0.427 e. The molecular formula is C25H25F7O3. The molecule has 2 aromatic rings. The Labute approximate surface area is 198 Å². The molecule has 1 unspecified atom stereocenters. The third-order valence-electron chi connectivity index (χ3n) is 6.10. The van der Waals surface area contributed by atoms with E-state index in [1.165, 1.54) is 25.7 Å². The molecule has 0 bridgehead atoms. The lowest BCUT2D eigenvalue weighted by molar-refractivity contribution is -0.305. The van der Waals surface area contributed by atoms with E-state index in [4.69, 9.17) is 4.74 Å². The van der Waals surface area contributed by atoms with Crippen LogP contribution in [0.25, 0.3) is 0 Å². The van der Waals surface area contributed by atoms with Crippen LogP contribution in [0.4, 0.5) is 30.7 Å². The van der Waals surface area contributed by atoms with Crippen molar-refractivity contribution in [2.24, 2.45) is 5.92 Å². The van der Waals surface area contributed by atoms with E-state index in [0.29, 0.717) is 18.1 Å². The molecule has 192 valence electrons. The lowest BCUT2D eigenvalue weighted by Crippen LogP contribution is -2.45. The van der Waals surface area contributed by atoms with Gasteiger partial charge >= 0.3 is 18.3 Å². The van der Waals surface area contributed by atoms with Crippen LogP contribution in [0, 0.1) is 11.7 Å². The summed E-state index contributed by atoms with van der Waals surface area (Å²) in [6, 6.07) is 8.66. The number of alkyl halides is 6. The molecule has 35 heavy (non-hydrogen) atoms. The lowest BCUT2D eigenvalue weighted by atomic mass is 9.77. The summed E-state index contributed by atoms with van der Waals surface area (Å²) in [4.78, 5) is 12.3. The molecule has 1 saturated carbocycles. The molecular weight excluding hydrogens is 481 g/mol. The molecule has 1 atom stereocenters. The maximum atomic E-state index is 14.1. The summed E-state index contributed by atoms with van der Waals surface area (Å²) < 4.78 is 99.2. The molecule has 3 rings (SSSR count). The monoisotopic (exact) mass is 506 g/mol. The third kappa shape index (κ3) is 6.89. The Kier molecular flexibility index (Phi) is 8.33. The van der Waals surface area contributed by atoms with E-state index in [0.717, 1.165) is 30.4 Å². The number of halogens is 7. The van der Waals surface area contributed by atoms with Crippen LogP contribution in [0.15, 0.2) is 42.5 Å². The van der Waals surface area contributed by atoms with Crippen LogP contribution in [-0.2, 0) is 0 Å². The molecule has 0 aliphatic heterocycles. The standard InChI is InChI=1S/C25H25F7O3/c1-2-3-15-4-6-16(7-5-15)17-8-11-19(12-9-17)34-22(33)18-10-13-21(20(26)14-18)35-25(31,32)23(27)24(28,29)30/h8-16,23H,2-7H2,1H3. The molecule has 1 aliphatic carbocycles. The number of ether oxygens (including phenoxy) is 2. The van der Waals surface area contributed by atoms with Gasteiger partial charge in [-0.1, -0.05) is 31.9 Å². The number of esters is 1. The molecule has 3 nitrogen and oxygen atoms in total. The van der Waals surface area contributed by atoms with E-state index in [1.807, 2.05) is 12.1 Å². The largest absolute Gasteiger partial charge is 0.439 e. The van der Waals surface area contributed by atoms with Gasteiger partial charge in [-0.25, -0.2) is 13.6 Å². The van der Waals surface area contributed by atoms with Crippen molar-refractivity contribution in [3.05, 3.63) is 59.4 Å². The van der Waals surface area contributed by atoms with Crippen LogP contribution in [0.2, 0.25) is 0 Å². The third-order valence-corrected chi connectivity index (χ3v) is 6.10. The zero-order chi connectivity index (χ0) is 25.8. The van der Waals surface area contributed by atoms with Crippen molar-refractivity contribution in [1.82, 2.24) is 0 Å². The molecule has 0 spiro atoms. The highest BCUT2D eigenvalue weighted by molar-refractivity contribution is 5.91. The van der Waals surface area contributed by atoms with Crippen molar-refractivity contribution in [2.45, 2.75) is 69.8 Å². The van der Waals surface area contributed by atoms with E-state index in [2.05, 4.69) is 11.7 Å². The van der Waals surface area contributed by atoms with E-state index in [9.17, 15) is 35.5 Å². The fourth-order valence-corrected chi connectivity index (χ4v) is 4.27. The number of hydrogen-bond acceptors (Lipinski definition) is 3. The molecule has 0 saturated heterocycles. The van der Waals surface area contributed by atoms with Crippen molar-refractivity contribution >= 4 is 5.97 Å². The van der Waals surface area contributed by atoms with Gasteiger partial charge in [-0.2, -0.15) is 22.0 Å². The van der Waals surface area contributed by atoms with Crippen LogP contribution in [-0.4, -0.2) is 24.4 Å². The van der Waals surface area contributed by atoms with E-state index in [-0.39, 0.29) is 5.75 Å². The first-order chi connectivity index (χ1) is 16.4. The summed E-state index contributed by atoms with van der Waals surface area (Å²) >= 11 is 0. The van der Waals surface area contributed by atoms with Gasteiger partial charge in [0.1, 0.15) is 5.75 Å². The Hall–Kier alpha value is -2.78. The molecule has 2 aromatic carbocycles. The Balaban J connectivity index is 1.61. The molecule has 0 radical (unpaired) electrons. The lowest BCUT2D eigenvalue weighted by Gasteiger charge is -2.28. The predicted octanol–water partition coefficient (Wildman–Crippen LogP) is 7.99. The first-order valence-electron chi connectivity index (χ1n) is 11.3. The first-order valence-corrected chi connectivity index (χ1v) is 11.3. The minimum atomic E-state index is -5.91. The van der Waals surface area contributed by atoms with Gasteiger partial charge in [-0.05, 0) is 73.4 Å². The van der Waals surface area contributed by atoms with E-state index >= 15 is 0 Å². The van der Waals surface area contributed by atoms with Gasteiger partial charge in [0.2, 0.25) is 0 Å². The normalized spacial score (nSPS) is 19.8. The number of benzene rings is 2. The SMILES string of the molecule is CCCC1CCC(c2ccc(OC(=O)c3ccc(OC(F)(F)C(F)C(F)(F)F)c(F)c3)cc2)CC1. The molecule has 0 aromatic heterocycles. The molecule has 1 fully saturated rings. The Morgan fingerprint density at radius 1 is 1.00 bits per heavy atom. The summed E-state index contributed by atoms with van der Waals surface area (Å²) in [6.45, 7) is 2.18. The van der Waals surface area contributed by atoms with Crippen molar-refractivity contribution in [1.29, 1.82) is 0 Å².